The van der Waals surface area contributed by atoms with Crippen molar-refractivity contribution in [3.8, 4) is 0 Å². The van der Waals surface area contributed by atoms with Crippen molar-refractivity contribution in [1.82, 2.24) is 0 Å². The first-order chi connectivity index (χ1) is 6.74. The van der Waals surface area contributed by atoms with Crippen LogP contribution in [-0.2, 0) is 9.22 Å². The molecule has 3 aliphatic heterocycles. The van der Waals surface area contributed by atoms with Gasteiger partial charge in [0.1, 0.15) is 0 Å². The van der Waals surface area contributed by atoms with Gasteiger partial charge in [-0.3, -0.25) is 0 Å². The maximum absolute atomic E-state index is 5.93. The van der Waals surface area contributed by atoms with Gasteiger partial charge in [-0.2, -0.15) is 0 Å². The van der Waals surface area contributed by atoms with Crippen molar-refractivity contribution in [1.29, 1.82) is 0 Å². The Hall–Kier alpha value is 0.679. The van der Waals surface area contributed by atoms with Gasteiger partial charge in [0.15, 0.2) is 0 Å². The van der Waals surface area contributed by atoms with E-state index in [1.165, 1.54) is 12.8 Å². The van der Waals surface area contributed by atoms with E-state index in [4.69, 9.17) is 9.22 Å². The fraction of sp³-hybridized carbons (Fsp3) is 1.00. The van der Waals surface area contributed by atoms with Crippen LogP contribution in [0, 0.1) is 5.41 Å². The number of fused-ring (bicyclic) bond motifs is 3. The fourth-order valence-corrected chi connectivity index (χ4v) is 10.7. The van der Waals surface area contributed by atoms with Crippen LogP contribution in [0.2, 0.25) is 4.44 Å². The summed E-state index contributed by atoms with van der Waals surface area (Å²) in [5.41, 5.74) is 0.185. The van der Waals surface area contributed by atoms with E-state index in [0.717, 1.165) is 30.7 Å². The van der Waals surface area contributed by atoms with Gasteiger partial charge in [-0.05, 0) is 0 Å². The molecule has 2 bridgehead atoms. The van der Waals surface area contributed by atoms with Gasteiger partial charge in [0, 0.05) is 0 Å². The summed E-state index contributed by atoms with van der Waals surface area (Å²) < 4.78 is 18.9. The van der Waals surface area contributed by atoms with Crippen molar-refractivity contribution in [2.75, 3.05) is 19.8 Å². The Balaban J connectivity index is 1.95. The van der Waals surface area contributed by atoms with Gasteiger partial charge >= 0.3 is 91.6 Å². The average Bonchev–Trinajstić information content (AvgIpc) is 2.29. The number of hydrogen-bond donors (Lipinski definition) is 0. The van der Waals surface area contributed by atoms with Gasteiger partial charge in [0.2, 0.25) is 0 Å². The molecule has 14 heavy (non-hydrogen) atoms. The molecule has 0 amide bonds. The summed E-state index contributed by atoms with van der Waals surface area (Å²) in [7, 11) is 0. The Morgan fingerprint density at radius 1 is 1.07 bits per heavy atom. The van der Waals surface area contributed by atoms with Crippen molar-refractivity contribution in [3.05, 3.63) is 0 Å². The Morgan fingerprint density at radius 2 is 1.64 bits per heavy atom. The van der Waals surface area contributed by atoms with E-state index in [2.05, 4.69) is 13.8 Å². The zero-order valence-corrected chi connectivity index (χ0v) is 12.0. The zero-order chi connectivity index (χ0) is 10.1. The van der Waals surface area contributed by atoms with E-state index in [1.54, 1.807) is 0 Å². The van der Waals surface area contributed by atoms with Crippen LogP contribution in [0.15, 0.2) is 0 Å². The minimum absolute atomic E-state index is 0.185. The molecule has 4 heteroatoms. The normalized spacial score (nSPS) is 41.6. The van der Waals surface area contributed by atoms with Crippen LogP contribution < -0.4 is 0 Å². The summed E-state index contributed by atoms with van der Waals surface area (Å²) in [5.74, 6) is 0. The second kappa shape index (κ2) is 4.28. The Labute approximate surface area is 91.6 Å². The molecule has 82 valence electrons. The molecule has 0 unspecified atom stereocenters. The summed E-state index contributed by atoms with van der Waals surface area (Å²) in [4.78, 5) is 0. The third kappa shape index (κ3) is 1.96. The summed E-state index contributed by atoms with van der Waals surface area (Å²) in [6.45, 7) is 7.07. The molecule has 3 saturated heterocycles. The van der Waals surface area contributed by atoms with Crippen LogP contribution in [0.3, 0.4) is 0 Å². The number of hydrogen-bond acceptors (Lipinski definition) is 3. The van der Waals surface area contributed by atoms with Gasteiger partial charge in [-0.15, -0.1) is 0 Å². The molecule has 0 aromatic rings. The average molecular weight is 307 g/mol. The Morgan fingerprint density at radius 3 is 2.07 bits per heavy atom. The third-order valence-electron chi connectivity index (χ3n) is 3.38. The molecule has 0 saturated carbocycles. The van der Waals surface area contributed by atoms with Crippen LogP contribution in [0.1, 0.15) is 33.1 Å². The number of rotatable bonds is 4. The van der Waals surface area contributed by atoms with Gasteiger partial charge in [0.05, 0.1) is 0 Å². The first-order valence-electron chi connectivity index (χ1n) is 5.66. The second-order valence-electron chi connectivity index (χ2n) is 4.51. The fourth-order valence-electron chi connectivity index (χ4n) is 1.96. The molecule has 0 aliphatic carbocycles. The summed E-state index contributed by atoms with van der Waals surface area (Å²) >= 11 is -2.94. The molecule has 3 aliphatic rings. The Kier molecular flexibility index (Phi) is 3.41. The summed E-state index contributed by atoms with van der Waals surface area (Å²) in [6, 6.07) is 0. The van der Waals surface area contributed by atoms with Gasteiger partial charge in [0.25, 0.3) is 0 Å². The molecule has 3 heterocycles. The van der Waals surface area contributed by atoms with Gasteiger partial charge in [-0.1, -0.05) is 0 Å². The first kappa shape index (κ1) is 11.2. The SMILES string of the molecule is CCC[CH2][Sn]12[O]CC(CC)(C[O]1)C[O]2. The van der Waals surface area contributed by atoms with Gasteiger partial charge < -0.3 is 0 Å². The van der Waals surface area contributed by atoms with Crippen molar-refractivity contribution in [3.63, 3.8) is 0 Å². The van der Waals surface area contributed by atoms with E-state index >= 15 is 0 Å². The second-order valence-corrected chi connectivity index (χ2v) is 12.3. The van der Waals surface area contributed by atoms with Crippen molar-refractivity contribution < 1.29 is 9.22 Å². The summed E-state index contributed by atoms with van der Waals surface area (Å²) in [6.07, 6.45) is 3.49. The van der Waals surface area contributed by atoms with Gasteiger partial charge in [-0.25, -0.2) is 0 Å². The Bertz CT molecular complexity index is 183. The molecule has 0 aromatic carbocycles. The van der Waals surface area contributed by atoms with E-state index in [-0.39, 0.29) is 5.41 Å². The molecule has 3 fully saturated rings. The van der Waals surface area contributed by atoms with Crippen LogP contribution in [0.25, 0.3) is 0 Å². The van der Waals surface area contributed by atoms with E-state index < -0.39 is 19.6 Å². The first-order valence-corrected chi connectivity index (χ1v) is 11.2. The quantitative estimate of drug-likeness (QED) is 0.745. The molecule has 0 spiro atoms. The van der Waals surface area contributed by atoms with Crippen LogP contribution in [0.5, 0.6) is 0 Å². The predicted octanol–water partition coefficient (Wildman–Crippen LogP) is 2.20. The van der Waals surface area contributed by atoms with Crippen molar-refractivity contribution in [2.45, 2.75) is 37.5 Å². The molecule has 3 rings (SSSR count). The van der Waals surface area contributed by atoms with Crippen molar-refractivity contribution >= 4 is 19.6 Å². The zero-order valence-electron chi connectivity index (χ0n) is 9.17. The predicted molar refractivity (Wildman–Crippen MR) is 56.0 cm³/mol. The van der Waals surface area contributed by atoms with E-state index in [9.17, 15) is 0 Å². The third-order valence-corrected chi connectivity index (χ3v) is 11.1. The van der Waals surface area contributed by atoms with Crippen LogP contribution >= 0.6 is 0 Å². The summed E-state index contributed by atoms with van der Waals surface area (Å²) in [5, 5.41) is 0. The molecule has 3 nitrogen and oxygen atoms in total. The van der Waals surface area contributed by atoms with E-state index in [0.29, 0.717) is 0 Å². The molecule has 0 N–H and O–H groups in total. The molecular formula is C10H20O3Sn. The molecule has 0 aromatic heterocycles. The minimum atomic E-state index is -2.94. The van der Waals surface area contributed by atoms with Crippen molar-refractivity contribution in [2.24, 2.45) is 5.41 Å². The topological polar surface area (TPSA) is 27.7 Å². The number of unbranched alkanes of at least 4 members (excludes halogenated alkanes) is 1. The molecule has 0 atom stereocenters. The maximum atomic E-state index is 5.93. The monoisotopic (exact) mass is 308 g/mol. The van der Waals surface area contributed by atoms with Crippen LogP contribution in [-0.4, -0.2) is 39.4 Å². The standard InChI is InChI=1S/C6H11O3.C4H9.Sn/c1-2-6(3-7,4-8)5-9;1-3-4-2;/h2-5H2,1H3;1,3-4H2,2H3;/q-3;;+3. The molecular weight excluding hydrogens is 287 g/mol. The van der Waals surface area contributed by atoms with Crippen LogP contribution in [0.4, 0.5) is 0 Å². The van der Waals surface area contributed by atoms with E-state index in [1.807, 2.05) is 0 Å². The molecule has 0 radical (unpaired) electrons.